The van der Waals surface area contributed by atoms with Gasteiger partial charge in [-0.3, -0.25) is 5.10 Å². The number of aryl methyl sites for hydroxylation is 2. The zero-order valence-electron chi connectivity index (χ0n) is 11.3. The Balaban J connectivity index is 1.92. The van der Waals surface area contributed by atoms with E-state index >= 15 is 0 Å². The molecule has 1 atom stereocenters. The van der Waals surface area contributed by atoms with Gasteiger partial charge in [0.25, 0.3) is 0 Å². The van der Waals surface area contributed by atoms with Crippen molar-refractivity contribution < 1.29 is 4.42 Å². The molecule has 3 aromatic rings. The number of nitrogens with zero attached hydrogens (tertiary/aromatic N) is 1. The Morgan fingerprint density at radius 1 is 1.32 bits per heavy atom. The van der Waals surface area contributed by atoms with E-state index in [9.17, 15) is 0 Å². The smallest absolute Gasteiger partial charge is 0.106 e. The van der Waals surface area contributed by atoms with Gasteiger partial charge in [0.05, 0.1) is 23.4 Å². The van der Waals surface area contributed by atoms with Crippen LogP contribution in [0.3, 0.4) is 0 Å². The lowest BCUT2D eigenvalue weighted by molar-refractivity contribution is 0.500. The molecule has 0 saturated carbocycles. The minimum absolute atomic E-state index is 0.186. The molecule has 1 unspecified atom stereocenters. The minimum atomic E-state index is 0.186. The molecule has 0 aliphatic carbocycles. The Morgan fingerprint density at radius 3 is 2.89 bits per heavy atom. The van der Waals surface area contributed by atoms with Crippen LogP contribution in [-0.4, -0.2) is 10.2 Å². The molecule has 0 aliphatic rings. The first-order valence-electron chi connectivity index (χ1n) is 6.40. The highest BCUT2D eigenvalue weighted by Crippen LogP contribution is 2.28. The average molecular weight is 255 g/mol. The second-order valence-electron chi connectivity index (χ2n) is 4.87. The summed E-state index contributed by atoms with van der Waals surface area (Å²) in [5.74, 6) is 1.91. The van der Waals surface area contributed by atoms with Crippen molar-refractivity contribution in [1.29, 1.82) is 0 Å². The number of aromatic amines is 1. The Labute approximate surface area is 111 Å². The quantitative estimate of drug-likeness (QED) is 0.745. The van der Waals surface area contributed by atoms with E-state index in [1.165, 1.54) is 5.56 Å². The van der Waals surface area contributed by atoms with Crippen molar-refractivity contribution in [2.75, 3.05) is 5.32 Å². The maximum atomic E-state index is 5.59. The summed E-state index contributed by atoms with van der Waals surface area (Å²) in [4.78, 5) is 0. The molecule has 0 spiro atoms. The first-order valence-corrected chi connectivity index (χ1v) is 6.40. The number of benzene rings is 1. The number of furan rings is 1. The van der Waals surface area contributed by atoms with Crippen molar-refractivity contribution in [3.8, 4) is 0 Å². The van der Waals surface area contributed by atoms with Crippen LogP contribution < -0.4 is 5.32 Å². The third-order valence-electron chi connectivity index (χ3n) is 3.39. The van der Waals surface area contributed by atoms with E-state index in [1.807, 2.05) is 32.2 Å². The molecule has 2 N–H and O–H groups in total. The molecule has 1 aromatic carbocycles. The van der Waals surface area contributed by atoms with Crippen LogP contribution in [0.1, 0.15) is 30.0 Å². The largest absolute Gasteiger partial charge is 0.466 e. The first-order chi connectivity index (χ1) is 9.15. The summed E-state index contributed by atoms with van der Waals surface area (Å²) in [5, 5.41) is 11.7. The van der Waals surface area contributed by atoms with Crippen LogP contribution in [0.5, 0.6) is 0 Å². The highest BCUT2D eigenvalue weighted by Gasteiger charge is 2.13. The summed E-state index contributed by atoms with van der Waals surface area (Å²) in [5.41, 5.74) is 3.28. The topological polar surface area (TPSA) is 53.9 Å². The van der Waals surface area contributed by atoms with Crippen LogP contribution in [0.4, 0.5) is 5.69 Å². The van der Waals surface area contributed by atoms with Crippen LogP contribution in [-0.2, 0) is 0 Å². The average Bonchev–Trinajstić information content (AvgIpc) is 2.96. The fourth-order valence-electron chi connectivity index (χ4n) is 2.48. The van der Waals surface area contributed by atoms with Crippen LogP contribution >= 0.6 is 0 Å². The molecular weight excluding hydrogens is 238 g/mol. The Bertz CT molecular complexity index is 711. The Kier molecular flexibility index (Phi) is 2.78. The van der Waals surface area contributed by atoms with Gasteiger partial charge in [0.2, 0.25) is 0 Å². The van der Waals surface area contributed by atoms with Crippen molar-refractivity contribution in [2.45, 2.75) is 26.8 Å². The van der Waals surface area contributed by atoms with E-state index in [-0.39, 0.29) is 6.04 Å². The molecule has 0 radical (unpaired) electrons. The summed E-state index contributed by atoms with van der Waals surface area (Å²) < 4.78 is 5.59. The van der Waals surface area contributed by atoms with E-state index < -0.39 is 0 Å². The summed E-state index contributed by atoms with van der Waals surface area (Å²) in [6.07, 6.45) is 1.83. The van der Waals surface area contributed by atoms with E-state index in [0.29, 0.717) is 0 Å². The molecule has 3 rings (SSSR count). The van der Waals surface area contributed by atoms with E-state index in [0.717, 1.165) is 28.1 Å². The van der Waals surface area contributed by atoms with E-state index in [1.54, 1.807) is 0 Å². The lowest BCUT2D eigenvalue weighted by Gasteiger charge is -2.15. The molecule has 0 fully saturated rings. The highest BCUT2D eigenvalue weighted by atomic mass is 16.3. The molecule has 2 aromatic heterocycles. The van der Waals surface area contributed by atoms with Gasteiger partial charge in [0.15, 0.2) is 0 Å². The van der Waals surface area contributed by atoms with Gasteiger partial charge in [-0.05, 0) is 32.9 Å². The summed E-state index contributed by atoms with van der Waals surface area (Å²) >= 11 is 0. The van der Waals surface area contributed by atoms with Gasteiger partial charge in [-0.2, -0.15) is 5.10 Å². The van der Waals surface area contributed by atoms with Crippen molar-refractivity contribution in [1.82, 2.24) is 10.2 Å². The number of hydrogen-bond donors (Lipinski definition) is 2. The van der Waals surface area contributed by atoms with Crippen molar-refractivity contribution in [3.05, 3.63) is 47.5 Å². The zero-order chi connectivity index (χ0) is 13.4. The zero-order valence-corrected chi connectivity index (χ0v) is 11.3. The summed E-state index contributed by atoms with van der Waals surface area (Å²) in [6, 6.07) is 8.40. The molecule has 19 heavy (non-hydrogen) atoms. The molecule has 0 bridgehead atoms. The van der Waals surface area contributed by atoms with Crippen LogP contribution in [0.25, 0.3) is 10.9 Å². The van der Waals surface area contributed by atoms with Crippen LogP contribution in [0.15, 0.2) is 34.9 Å². The van der Waals surface area contributed by atoms with Gasteiger partial charge < -0.3 is 9.73 Å². The maximum absolute atomic E-state index is 5.59. The Hall–Kier alpha value is -2.23. The van der Waals surface area contributed by atoms with Gasteiger partial charge in [0.1, 0.15) is 11.5 Å². The highest BCUT2D eigenvalue weighted by molar-refractivity contribution is 5.90. The first kappa shape index (κ1) is 11.8. The number of para-hydroxylation sites is 1. The fourth-order valence-corrected chi connectivity index (χ4v) is 2.48. The van der Waals surface area contributed by atoms with Crippen molar-refractivity contribution in [2.24, 2.45) is 0 Å². The molecular formula is C15H17N3O. The number of aromatic nitrogens is 2. The monoisotopic (exact) mass is 255 g/mol. The number of H-pyrrole nitrogens is 1. The predicted molar refractivity (Wildman–Crippen MR) is 76.3 cm³/mol. The fraction of sp³-hybridized carbons (Fsp3) is 0.267. The standard InChI is InChI=1S/C15H17N3O/c1-9-7-13(11(3)19-9)10(2)17-14-6-4-5-12-8-16-18-15(12)14/h4-8,10,17H,1-3H3,(H,16,18). The normalized spacial score (nSPS) is 12.8. The summed E-state index contributed by atoms with van der Waals surface area (Å²) in [6.45, 7) is 6.10. The number of anilines is 1. The van der Waals surface area contributed by atoms with Gasteiger partial charge >= 0.3 is 0 Å². The Morgan fingerprint density at radius 2 is 2.16 bits per heavy atom. The van der Waals surface area contributed by atoms with Gasteiger partial charge in [0, 0.05) is 10.9 Å². The van der Waals surface area contributed by atoms with Crippen molar-refractivity contribution in [3.63, 3.8) is 0 Å². The van der Waals surface area contributed by atoms with Gasteiger partial charge in [-0.15, -0.1) is 0 Å². The third-order valence-corrected chi connectivity index (χ3v) is 3.39. The second kappa shape index (κ2) is 4.46. The molecule has 0 aliphatic heterocycles. The number of nitrogens with one attached hydrogen (secondary N) is 2. The van der Waals surface area contributed by atoms with E-state index in [2.05, 4.69) is 34.6 Å². The lowest BCUT2D eigenvalue weighted by atomic mass is 10.1. The third kappa shape index (κ3) is 2.10. The lowest BCUT2D eigenvalue weighted by Crippen LogP contribution is -2.07. The van der Waals surface area contributed by atoms with Crippen LogP contribution in [0, 0.1) is 13.8 Å². The molecule has 0 amide bonds. The molecule has 4 heteroatoms. The van der Waals surface area contributed by atoms with Crippen LogP contribution in [0.2, 0.25) is 0 Å². The molecule has 98 valence electrons. The SMILES string of the molecule is Cc1cc(C(C)Nc2cccc3cn[nH]c23)c(C)o1. The molecule has 2 heterocycles. The number of hydrogen-bond acceptors (Lipinski definition) is 3. The van der Waals surface area contributed by atoms with Gasteiger partial charge in [-0.25, -0.2) is 0 Å². The number of rotatable bonds is 3. The molecule has 0 saturated heterocycles. The predicted octanol–water partition coefficient (Wildman–Crippen LogP) is 3.95. The minimum Gasteiger partial charge on any atom is -0.466 e. The molecule has 4 nitrogen and oxygen atoms in total. The summed E-state index contributed by atoms with van der Waals surface area (Å²) in [7, 11) is 0. The number of fused-ring (bicyclic) bond motifs is 1. The second-order valence-corrected chi connectivity index (χ2v) is 4.87. The van der Waals surface area contributed by atoms with Gasteiger partial charge in [-0.1, -0.05) is 12.1 Å². The maximum Gasteiger partial charge on any atom is 0.106 e. The van der Waals surface area contributed by atoms with Crippen molar-refractivity contribution >= 4 is 16.6 Å². The van der Waals surface area contributed by atoms with E-state index in [4.69, 9.17) is 4.42 Å².